The van der Waals surface area contributed by atoms with Gasteiger partial charge in [-0.05, 0) is 42.5 Å². The molecule has 8 heteroatoms. The zero-order valence-electron chi connectivity index (χ0n) is 12.8. The molecule has 128 valence electrons. The van der Waals surface area contributed by atoms with E-state index < -0.39 is 0 Å². The summed E-state index contributed by atoms with van der Waals surface area (Å²) in [5.74, 6) is 0.169. The molecule has 0 amide bonds. The molecular weight excluding hydrogens is 382 g/mol. The Kier molecular flexibility index (Phi) is 5.53. The molecule has 1 heterocycles. The van der Waals surface area contributed by atoms with Crippen LogP contribution in [-0.2, 0) is 6.54 Å². The van der Waals surface area contributed by atoms with E-state index >= 15 is 0 Å². The summed E-state index contributed by atoms with van der Waals surface area (Å²) in [6, 6.07) is 13.5. The maximum absolute atomic E-state index is 13.8. The average Bonchev–Trinajstić information content (AvgIpc) is 2.98. The summed E-state index contributed by atoms with van der Waals surface area (Å²) < 4.78 is 15.4. The zero-order chi connectivity index (χ0) is 17.8. The maximum Gasteiger partial charge on any atom is 0.176 e. The van der Waals surface area contributed by atoms with Crippen LogP contribution in [0.25, 0.3) is 0 Å². The Labute approximate surface area is 159 Å². The van der Waals surface area contributed by atoms with Crippen molar-refractivity contribution in [3.05, 3.63) is 76.2 Å². The van der Waals surface area contributed by atoms with Crippen LogP contribution in [0.15, 0.2) is 54.7 Å². The second-order valence-corrected chi connectivity index (χ2v) is 6.44. The van der Waals surface area contributed by atoms with Gasteiger partial charge in [-0.15, -0.1) is 0 Å². The zero-order valence-corrected chi connectivity index (χ0v) is 15.2. The summed E-state index contributed by atoms with van der Waals surface area (Å²) in [6.07, 6.45) is 1.72. The first kappa shape index (κ1) is 17.7. The molecule has 0 aliphatic carbocycles. The summed E-state index contributed by atoms with van der Waals surface area (Å²) in [5, 5.41) is 11.6. The van der Waals surface area contributed by atoms with E-state index in [1.54, 1.807) is 41.2 Å². The molecule has 2 N–H and O–H groups in total. The van der Waals surface area contributed by atoms with E-state index in [0.29, 0.717) is 26.5 Å². The highest BCUT2D eigenvalue weighted by molar-refractivity contribution is 7.80. The van der Waals surface area contributed by atoms with Crippen LogP contribution in [0.5, 0.6) is 0 Å². The molecule has 0 spiro atoms. The van der Waals surface area contributed by atoms with E-state index in [9.17, 15) is 4.39 Å². The smallest absolute Gasteiger partial charge is 0.176 e. The highest BCUT2D eigenvalue weighted by Gasteiger charge is 2.09. The van der Waals surface area contributed by atoms with Crippen LogP contribution in [0.3, 0.4) is 0 Å². The van der Waals surface area contributed by atoms with Gasteiger partial charge in [0.25, 0.3) is 0 Å². The first-order chi connectivity index (χ1) is 12.0. The molecule has 0 saturated heterocycles. The minimum absolute atomic E-state index is 0.224. The van der Waals surface area contributed by atoms with Gasteiger partial charge >= 0.3 is 0 Å². The van der Waals surface area contributed by atoms with Crippen molar-refractivity contribution < 1.29 is 4.39 Å². The number of aromatic nitrogens is 2. The number of hydrogen-bond acceptors (Lipinski definition) is 2. The van der Waals surface area contributed by atoms with Crippen LogP contribution in [-0.4, -0.2) is 14.9 Å². The van der Waals surface area contributed by atoms with Gasteiger partial charge in [-0.3, -0.25) is 4.68 Å². The molecule has 0 aliphatic heterocycles. The third kappa shape index (κ3) is 4.69. The van der Waals surface area contributed by atoms with E-state index in [2.05, 4.69) is 15.7 Å². The summed E-state index contributed by atoms with van der Waals surface area (Å²) in [7, 11) is 0. The maximum atomic E-state index is 13.8. The molecule has 3 aromatic rings. The van der Waals surface area contributed by atoms with E-state index in [1.165, 1.54) is 6.07 Å². The largest absolute Gasteiger partial charge is 0.332 e. The molecule has 1 aromatic heterocycles. The second-order valence-electron chi connectivity index (χ2n) is 5.19. The standard InChI is InChI=1S/C17H13Cl2FN4S/c18-11-3-1-4-12(9-11)21-17(25)22-16-7-8-24(23-16)10-13-14(19)5-2-6-15(13)20/h1-9H,10H2,(H2,21,22,23,25). The molecule has 0 atom stereocenters. The van der Waals surface area contributed by atoms with Gasteiger partial charge in [0.1, 0.15) is 5.82 Å². The average molecular weight is 395 g/mol. The van der Waals surface area contributed by atoms with Crippen LogP contribution < -0.4 is 10.6 Å². The Hall–Kier alpha value is -2.15. The number of anilines is 2. The third-order valence-electron chi connectivity index (χ3n) is 3.35. The molecule has 4 nitrogen and oxygen atoms in total. The molecule has 25 heavy (non-hydrogen) atoms. The molecule has 0 unspecified atom stereocenters. The monoisotopic (exact) mass is 394 g/mol. The number of nitrogens with zero attached hydrogens (tertiary/aromatic N) is 2. The first-order valence-electron chi connectivity index (χ1n) is 7.31. The number of nitrogens with one attached hydrogen (secondary N) is 2. The van der Waals surface area contributed by atoms with Crippen LogP contribution in [0.4, 0.5) is 15.9 Å². The van der Waals surface area contributed by atoms with Crippen molar-refractivity contribution >= 4 is 52.0 Å². The molecule has 3 rings (SSSR count). The molecule has 0 radical (unpaired) electrons. The van der Waals surface area contributed by atoms with Gasteiger partial charge < -0.3 is 10.6 Å². The van der Waals surface area contributed by atoms with Crippen molar-refractivity contribution in [2.24, 2.45) is 0 Å². The number of thiocarbonyl (C=S) groups is 1. The normalized spacial score (nSPS) is 10.5. The minimum Gasteiger partial charge on any atom is -0.332 e. The van der Waals surface area contributed by atoms with Gasteiger partial charge in [0, 0.05) is 33.6 Å². The molecule has 0 aliphatic rings. The molecule has 0 bridgehead atoms. The number of halogens is 3. The Morgan fingerprint density at radius 2 is 1.92 bits per heavy atom. The highest BCUT2D eigenvalue weighted by Crippen LogP contribution is 2.20. The lowest BCUT2D eigenvalue weighted by molar-refractivity contribution is 0.586. The number of hydrogen-bond donors (Lipinski definition) is 2. The highest BCUT2D eigenvalue weighted by atomic mass is 35.5. The third-order valence-corrected chi connectivity index (χ3v) is 4.14. The van der Waals surface area contributed by atoms with Gasteiger partial charge in [0.05, 0.1) is 6.54 Å². The fraction of sp³-hybridized carbons (Fsp3) is 0.0588. The van der Waals surface area contributed by atoms with Crippen LogP contribution >= 0.6 is 35.4 Å². The Morgan fingerprint density at radius 3 is 2.68 bits per heavy atom. The topological polar surface area (TPSA) is 41.9 Å². The van der Waals surface area contributed by atoms with Crippen molar-refractivity contribution in [2.45, 2.75) is 6.54 Å². The molecule has 2 aromatic carbocycles. The van der Waals surface area contributed by atoms with E-state index in [1.807, 2.05) is 12.1 Å². The summed E-state index contributed by atoms with van der Waals surface area (Å²) in [4.78, 5) is 0. The van der Waals surface area contributed by atoms with Crippen LogP contribution in [0.2, 0.25) is 10.0 Å². The SMILES string of the molecule is Fc1cccc(Cl)c1Cn1ccc(NC(=S)Nc2cccc(Cl)c2)n1. The van der Waals surface area contributed by atoms with Crippen molar-refractivity contribution in [3.8, 4) is 0 Å². The van der Waals surface area contributed by atoms with Gasteiger partial charge in [-0.2, -0.15) is 5.10 Å². The lowest BCUT2D eigenvalue weighted by Crippen LogP contribution is -2.19. The lowest BCUT2D eigenvalue weighted by Gasteiger charge is -2.09. The first-order valence-corrected chi connectivity index (χ1v) is 8.47. The summed E-state index contributed by atoms with van der Waals surface area (Å²) in [5.41, 5.74) is 1.15. The molecular formula is C17H13Cl2FN4S. The number of rotatable bonds is 4. The minimum atomic E-state index is -0.365. The fourth-order valence-corrected chi connectivity index (χ4v) is 2.84. The van der Waals surface area contributed by atoms with Crippen molar-refractivity contribution in [1.29, 1.82) is 0 Å². The molecule has 0 saturated carbocycles. The van der Waals surface area contributed by atoms with E-state index in [-0.39, 0.29) is 12.4 Å². The lowest BCUT2D eigenvalue weighted by atomic mass is 10.2. The van der Waals surface area contributed by atoms with Gasteiger partial charge in [0.2, 0.25) is 0 Å². The van der Waals surface area contributed by atoms with Gasteiger partial charge in [-0.25, -0.2) is 4.39 Å². The summed E-state index contributed by atoms with van der Waals surface area (Å²) in [6.45, 7) is 0.224. The molecule has 0 fully saturated rings. The van der Waals surface area contributed by atoms with Crippen LogP contribution in [0.1, 0.15) is 5.56 Å². The Morgan fingerprint density at radius 1 is 1.12 bits per heavy atom. The predicted octanol–water partition coefficient (Wildman–Crippen LogP) is 5.19. The quantitative estimate of drug-likeness (QED) is 0.597. The number of benzene rings is 2. The predicted molar refractivity (Wildman–Crippen MR) is 104 cm³/mol. The second kappa shape index (κ2) is 7.82. The fourth-order valence-electron chi connectivity index (χ4n) is 2.21. The van der Waals surface area contributed by atoms with Crippen molar-refractivity contribution in [1.82, 2.24) is 9.78 Å². The Bertz CT molecular complexity index is 893. The Balaban J connectivity index is 1.64. The summed E-state index contributed by atoms with van der Waals surface area (Å²) >= 11 is 17.2. The van der Waals surface area contributed by atoms with Gasteiger partial charge in [-0.1, -0.05) is 35.3 Å². The van der Waals surface area contributed by atoms with Crippen molar-refractivity contribution in [3.63, 3.8) is 0 Å². The van der Waals surface area contributed by atoms with E-state index in [4.69, 9.17) is 35.4 Å². The van der Waals surface area contributed by atoms with Gasteiger partial charge in [0.15, 0.2) is 10.9 Å². The van der Waals surface area contributed by atoms with Crippen molar-refractivity contribution in [2.75, 3.05) is 10.6 Å². The van der Waals surface area contributed by atoms with Crippen LogP contribution in [0, 0.1) is 5.82 Å². The van der Waals surface area contributed by atoms with E-state index in [0.717, 1.165) is 5.69 Å².